The molecule has 1 amide bonds. The van der Waals surface area contributed by atoms with Gasteiger partial charge in [0.25, 0.3) is 0 Å². The highest BCUT2D eigenvalue weighted by Gasteiger charge is 2.28. The van der Waals surface area contributed by atoms with Crippen LogP contribution in [0.4, 0.5) is 10.5 Å². The summed E-state index contributed by atoms with van der Waals surface area (Å²) in [5.74, 6) is 0. The van der Waals surface area contributed by atoms with Gasteiger partial charge in [-0.3, -0.25) is 4.98 Å². The molecule has 1 aromatic heterocycles. The average molecular weight is 370 g/mol. The van der Waals surface area contributed by atoms with Crippen LogP contribution in [-0.2, 0) is 4.74 Å². The van der Waals surface area contributed by atoms with Crippen LogP contribution in [0.3, 0.4) is 0 Å². The van der Waals surface area contributed by atoms with Gasteiger partial charge in [-0.05, 0) is 55.6 Å². The third-order valence-corrected chi connectivity index (χ3v) is 4.18. The van der Waals surface area contributed by atoms with Gasteiger partial charge in [0.1, 0.15) is 5.60 Å². The molecule has 0 spiro atoms. The molecule has 2 rings (SSSR count). The Kier molecular flexibility index (Phi) is 5.32. The largest absolute Gasteiger partial charge is 0.444 e. The summed E-state index contributed by atoms with van der Waals surface area (Å²) in [6.07, 6.45) is 5.29. The first-order chi connectivity index (χ1) is 10.3. The zero-order valence-corrected chi connectivity index (χ0v) is 15.3. The van der Waals surface area contributed by atoms with E-state index in [1.165, 1.54) is 0 Å². The number of hydrogen-bond acceptors (Lipinski definition) is 4. The minimum absolute atomic E-state index is 0.228. The summed E-state index contributed by atoms with van der Waals surface area (Å²) >= 11 is 3.45. The second kappa shape index (κ2) is 6.86. The predicted octanol–water partition coefficient (Wildman–Crippen LogP) is 3.68. The molecule has 1 fully saturated rings. The fourth-order valence-electron chi connectivity index (χ4n) is 2.57. The molecule has 1 aliphatic heterocycles. The summed E-state index contributed by atoms with van der Waals surface area (Å²) < 4.78 is 6.42. The maximum absolute atomic E-state index is 12.1. The summed E-state index contributed by atoms with van der Waals surface area (Å²) in [5.41, 5.74) is 0.668. The van der Waals surface area contributed by atoms with Crippen LogP contribution in [0.1, 0.15) is 33.6 Å². The number of rotatable bonds is 2. The zero-order valence-electron chi connectivity index (χ0n) is 13.7. The van der Waals surface area contributed by atoms with Gasteiger partial charge in [-0.1, -0.05) is 0 Å². The smallest absolute Gasteiger partial charge is 0.410 e. The van der Waals surface area contributed by atoms with Gasteiger partial charge in [0.15, 0.2) is 0 Å². The number of carbonyl (C=O) groups is 1. The first kappa shape index (κ1) is 17.1. The third kappa shape index (κ3) is 4.60. The highest BCUT2D eigenvalue weighted by Crippen LogP contribution is 2.24. The number of halogens is 1. The van der Waals surface area contributed by atoms with E-state index in [2.05, 4.69) is 31.9 Å². The van der Waals surface area contributed by atoms with Crippen LogP contribution in [0.15, 0.2) is 22.9 Å². The molecule has 1 aliphatic rings. The normalized spacial score (nSPS) is 16.5. The van der Waals surface area contributed by atoms with E-state index in [1.54, 1.807) is 11.1 Å². The SMILES string of the molecule is CN(C(=O)OC(C)(C)C)C1CCN(c2cncc(Br)c2)CC1. The number of carbonyl (C=O) groups excluding carboxylic acids is 1. The molecule has 0 unspecified atom stereocenters. The van der Waals surface area contributed by atoms with Crippen LogP contribution in [0, 0.1) is 0 Å². The first-order valence-corrected chi connectivity index (χ1v) is 8.37. The Morgan fingerprint density at radius 2 is 2.00 bits per heavy atom. The van der Waals surface area contributed by atoms with Crippen molar-refractivity contribution >= 4 is 27.7 Å². The van der Waals surface area contributed by atoms with Gasteiger partial charge in [0.2, 0.25) is 0 Å². The van der Waals surface area contributed by atoms with Crippen LogP contribution < -0.4 is 4.90 Å². The fraction of sp³-hybridized carbons (Fsp3) is 0.625. The lowest BCUT2D eigenvalue weighted by Crippen LogP contribution is -2.47. The molecule has 122 valence electrons. The van der Waals surface area contributed by atoms with Crippen LogP contribution in [0.2, 0.25) is 0 Å². The quantitative estimate of drug-likeness (QED) is 0.797. The van der Waals surface area contributed by atoms with Crippen LogP contribution >= 0.6 is 15.9 Å². The number of pyridine rings is 1. The van der Waals surface area contributed by atoms with Crippen molar-refractivity contribution < 1.29 is 9.53 Å². The number of piperidine rings is 1. The van der Waals surface area contributed by atoms with Crippen molar-refractivity contribution in [1.29, 1.82) is 0 Å². The summed E-state index contributed by atoms with van der Waals surface area (Å²) in [6, 6.07) is 2.30. The summed E-state index contributed by atoms with van der Waals surface area (Å²) in [7, 11) is 1.83. The molecule has 1 aromatic rings. The number of hydrogen-bond donors (Lipinski definition) is 0. The third-order valence-electron chi connectivity index (χ3n) is 3.75. The molecule has 6 heteroatoms. The van der Waals surface area contributed by atoms with Gasteiger partial charge in [-0.25, -0.2) is 4.79 Å². The summed E-state index contributed by atoms with van der Waals surface area (Å²) in [4.78, 5) is 20.4. The Labute approximate surface area is 140 Å². The van der Waals surface area contributed by atoms with E-state index in [1.807, 2.05) is 34.0 Å². The second-order valence-corrected chi connectivity index (χ2v) is 7.59. The topological polar surface area (TPSA) is 45.7 Å². The molecule has 0 saturated carbocycles. The molecule has 5 nitrogen and oxygen atoms in total. The van der Waals surface area contributed by atoms with Gasteiger partial charge < -0.3 is 14.5 Å². The highest BCUT2D eigenvalue weighted by molar-refractivity contribution is 9.10. The maximum Gasteiger partial charge on any atom is 0.410 e. The van der Waals surface area contributed by atoms with Crippen LogP contribution in [-0.4, -0.2) is 47.8 Å². The Morgan fingerprint density at radius 1 is 1.36 bits per heavy atom. The standard InChI is InChI=1S/C16H24BrN3O2/c1-16(2,3)22-15(21)19(4)13-5-7-20(8-6-13)14-9-12(17)10-18-11-14/h9-11,13H,5-8H2,1-4H3. The van der Waals surface area contributed by atoms with Crippen molar-refractivity contribution in [2.45, 2.75) is 45.3 Å². The molecular formula is C16H24BrN3O2. The maximum atomic E-state index is 12.1. The van der Waals surface area contributed by atoms with E-state index in [9.17, 15) is 4.79 Å². The Morgan fingerprint density at radius 3 is 2.55 bits per heavy atom. The van der Waals surface area contributed by atoms with Crippen LogP contribution in [0.5, 0.6) is 0 Å². The lowest BCUT2D eigenvalue weighted by atomic mass is 10.0. The number of anilines is 1. The van der Waals surface area contributed by atoms with E-state index in [4.69, 9.17) is 4.74 Å². The van der Waals surface area contributed by atoms with Gasteiger partial charge in [0, 0.05) is 36.8 Å². The van der Waals surface area contributed by atoms with Gasteiger partial charge in [-0.2, -0.15) is 0 Å². The number of nitrogens with zero attached hydrogens (tertiary/aromatic N) is 3. The lowest BCUT2D eigenvalue weighted by molar-refractivity contribution is 0.0201. The molecule has 0 N–H and O–H groups in total. The van der Waals surface area contributed by atoms with Crippen molar-refractivity contribution in [1.82, 2.24) is 9.88 Å². The molecule has 2 heterocycles. The van der Waals surface area contributed by atoms with E-state index >= 15 is 0 Å². The molecule has 0 aliphatic carbocycles. The van der Waals surface area contributed by atoms with Crippen molar-refractivity contribution in [3.05, 3.63) is 22.9 Å². The zero-order chi connectivity index (χ0) is 16.3. The van der Waals surface area contributed by atoms with E-state index < -0.39 is 5.60 Å². The minimum Gasteiger partial charge on any atom is -0.444 e. The number of aromatic nitrogens is 1. The number of ether oxygens (including phenoxy) is 1. The molecule has 0 atom stereocenters. The van der Waals surface area contributed by atoms with Crippen molar-refractivity contribution in [2.75, 3.05) is 25.0 Å². The second-order valence-electron chi connectivity index (χ2n) is 6.67. The van der Waals surface area contributed by atoms with Crippen LogP contribution in [0.25, 0.3) is 0 Å². The molecule has 22 heavy (non-hydrogen) atoms. The van der Waals surface area contributed by atoms with E-state index in [-0.39, 0.29) is 12.1 Å². The molecule has 0 radical (unpaired) electrons. The number of amides is 1. The van der Waals surface area contributed by atoms with Gasteiger partial charge in [-0.15, -0.1) is 0 Å². The Balaban J connectivity index is 1.90. The summed E-state index contributed by atoms with van der Waals surface area (Å²) in [6.45, 7) is 7.50. The molecule has 0 bridgehead atoms. The van der Waals surface area contributed by atoms with Gasteiger partial charge >= 0.3 is 6.09 Å². The molecule has 0 aromatic carbocycles. The average Bonchev–Trinajstić information content (AvgIpc) is 2.45. The first-order valence-electron chi connectivity index (χ1n) is 7.57. The molecule has 1 saturated heterocycles. The minimum atomic E-state index is -0.450. The highest BCUT2D eigenvalue weighted by atomic mass is 79.9. The lowest BCUT2D eigenvalue weighted by Gasteiger charge is -2.38. The molecular weight excluding hydrogens is 346 g/mol. The van der Waals surface area contributed by atoms with Gasteiger partial charge in [0.05, 0.1) is 11.9 Å². The monoisotopic (exact) mass is 369 g/mol. The van der Waals surface area contributed by atoms with E-state index in [0.717, 1.165) is 36.1 Å². The predicted molar refractivity (Wildman–Crippen MR) is 91.2 cm³/mol. The van der Waals surface area contributed by atoms with Crippen molar-refractivity contribution in [2.24, 2.45) is 0 Å². The summed E-state index contributed by atoms with van der Waals surface area (Å²) in [5, 5.41) is 0. The van der Waals surface area contributed by atoms with Crippen molar-refractivity contribution in [3.8, 4) is 0 Å². The van der Waals surface area contributed by atoms with E-state index in [0.29, 0.717) is 0 Å². The van der Waals surface area contributed by atoms with Crippen molar-refractivity contribution in [3.63, 3.8) is 0 Å². The Hall–Kier alpha value is -1.30. The Bertz CT molecular complexity index is 522. The fourth-order valence-corrected chi connectivity index (χ4v) is 2.92.